The highest BCUT2D eigenvalue weighted by Crippen LogP contribution is 2.47. The van der Waals surface area contributed by atoms with Crippen molar-refractivity contribution in [1.82, 2.24) is 25.2 Å². The maximum absolute atomic E-state index is 14.5. The van der Waals surface area contributed by atoms with Crippen LogP contribution in [-0.4, -0.2) is 96.8 Å². The quantitative estimate of drug-likeness (QED) is 0.386. The third kappa shape index (κ3) is 8.65. The highest BCUT2D eigenvalue weighted by atomic mass is 32.2. The molecule has 6 rings (SSSR count). The molecule has 1 saturated heterocycles. The van der Waals surface area contributed by atoms with Crippen LogP contribution in [0.1, 0.15) is 110 Å². The van der Waals surface area contributed by atoms with Gasteiger partial charge in [-0.25, -0.2) is 18.0 Å². The predicted octanol–water partition coefficient (Wildman–Crippen LogP) is 3.94. The average molecular weight is 772 g/mol. The van der Waals surface area contributed by atoms with E-state index in [0.29, 0.717) is 38.8 Å². The first-order valence-electron chi connectivity index (χ1n) is 19.5. The van der Waals surface area contributed by atoms with Gasteiger partial charge in [0, 0.05) is 19.5 Å². The van der Waals surface area contributed by atoms with E-state index in [1.165, 1.54) is 16.0 Å². The summed E-state index contributed by atoms with van der Waals surface area (Å²) in [5.41, 5.74) is 0.904. The van der Waals surface area contributed by atoms with Crippen LogP contribution in [0.25, 0.3) is 0 Å². The number of alkyl carbamates (subject to hydrolysis) is 1. The van der Waals surface area contributed by atoms with Crippen molar-refractivity contribution >= 4 is 39.9 Å². The van der Waals surface area contributed by atoms with E-state index in [1.54, 1.807) is 25.7 Å². The third-order valence-electron chi connectivity index (χ3n) is 11.8. The lowest BCUT2D eigenvalue weighted by atomic mass is 9.85. The Balaban J connectivity index is 1.28. The van der Waals surface area contributed by atoms with Crippen LogP contribution in [0, 0.1) is 16.7 Å². The first-order valence-corrected chi connectivity index (χ1v) is 21.1. The van der Waals surface area contributed by atoms with E-state index in [2.05, 4.69) is 33.6 Å². The summed E-state index contributed by atoms with van der Waals surface area (Å²) in [7, 11) is -3.88. The highest BCUT2D eigenvalue weighted by molar-refractivity contribution is 7.91. The van der Waals surface area contributed by atoms with Crippen LogP contribution < -0.4 is 15.4 Å². The molecule has 1 aromatic rings. The van der Waals surface area contributed by atoms with E-state index in [9.17, 15) is 32.4 Å². The van der Waals surface area contributed by atoms with Crippen molar-refractivity contribution in [1.29, 1.82) is 0 Å². The molecule has 0 unspecified atom stereocenters. The standard InChI is InChI=1S/C39H57N5O9S/c1-7-26-20-39(26,34(47)42-54(50,51)28-14-15-28)41-32(45)30-19-27-21-44(30)33(46)31(37(2,3)4)40-35(48)52-23-38(5,6)17-9-8-11-24-12-10-13-25-16-18-43(22-29(24)25)36(49)53-27/h10,12-13,26-28,30-31H,7-9,11,14-23H2,1-6H3,(H,40,48)(H,41,45)(H,42,47)/t26-,27+,30-,31+,39+/m0/s1. The summed E-state index contributed by atoms with van der Waals surface area (Å²) < 4.78 is 39.4. The fourth-order valence-corrected chi connectivity index (χ4v) is 9.52. The number of rotatable bonds is 6. The van der Waals surface area contributed by atoms with E-state index < -0.39 is 74.3 Å². The minimum Gasteiger partial charge on any atom is -0.449 e. The SMILES string of the molecule is CC[C@H]1C[C@]1(NC(=O)[C@@H]1C[C@@H]2CN1C(=O)[C@H](C(C)(C)C)NC(=O)OCC(C)(C)CCCCc1cccc3c1CN(CC3)C(=O)O2)C(=O)NS(=O)(=O)C1CC1. The summed E-state index contributed by atoms with van der Waals surface area (Å²) in [6.45, 7) is 12.2. The van der Waals surface area contributed by atoms with Gasteiger partial charge in [-0.05, 0) is 78.4 Å². The zero-order chi connectivity index (χ0) is 39.2. The van der Waals surface area contributed by atoms with Crippen LogP contribution in [0.5, 0.6) is 0 Å². The molecule has 1 aromatic carbocycles. The number of aryl methyl sites for hydroxylation is 1. The molecule has 3 fully saturated rings. The second-order valence-corrected chi connectivity index (χ2v) is 19.8. The van der Waals surface area contributed by atoms with Gasteiger partial charge in [0.15, 0.2) is 0 Å². The molecule has 3 N–H and O–H groups in total. The number of nitrogens with one attached hydrogen (secondary N) is 3. The maximum Gasteiger partial charge on any atom is 0.410 e. The molecule has 0 spiro atoms. The number of cyclic esters (lactones) is 1. The predicted molar refractivity (Wildman–Crippen MR) is 199 cm³/mol. The van der Waals surface area contributed by atoms with E-state index >= 15 is 0 Å². The number of ether oxygens (including phenoxy) is 2. The molecule has 3 heterocycles. The van der Waals surface area contributed by atoms with E-state index in [-0.39, 0.29) is 37.3 Å². The van der Waals surface area contributed by atoms with Gasteiger partial charge in [0.25, 0.3) is 5.91 Å². The minimum atomic E-state index is -3.88. The van der Waals surface area contributed by atoms with E-state index in [4.69, 9.17) is 9.47 Å². The third-order valence-corrected chi connectivity index (χ3v) is 13.6. The molecule has 15 heteroatoms. The monoisotopic (exact) mass is 771 g/mol. The van der Waals surface area contributed by atoms with Crippen molar-refractivity contribution in [2.24, 2.45) is 16.7 Å². The van der Waals surface area contributed by atoms with Gasteiger partial charge in [-0.1, -0.05) is 72.6 Å². The number of nitrogens with zero attached hydrogens (tertiary/aromatic N) is 2. The summed E-state index contributed by atoms with van der Waals surface area (Å²) in [4.78, 5) is 72.4. The topological polar surface area (TPSA) is 181 Å². The van der Waals surface area contributed by atoms with Gasteiger partial charge >= 0.3 is 12.2 Å². The van der Waals surface area contributed by atoms with Gasteiger partial charge in [0.2, 0.25) is 21.8 Å². The number of benzene rings is 1. The molecule has 3 aliphatic heterocycles. The van der Waals surface area contributed by atoms with E-state index in [1.807, 2.05) is 20.8 Å². The van der Waals surface area contributed by atoms with E-state index in [0.717, 1.165) is 31.2 Å². The lowest BCUT2D eigenvalue weighted by Gasteiger charge is -2.35. The van der Waals surface area contributed by atoms with Crippen molar-refractivity contribution in [3.63, 3.8) is 0 Å². The Morgan fingerprint density at radius 3 is 2.41 bits per heavy atom. The number of amides is 5. The Labute approximate surface area is 318 Å². The molecule has 54 heavy (non-hydrogen) atoms. The normalized spacial score (nSPS) is 29.3. The Bertz CT molecular complexity index is 1770. The molecule has 5 amide bonds. The molecule has 14 nitrogen and oxygen atoms in total. The molecule has 2 saturated carbocycles. The molecular formula is C39H57N5O9S. The fourth-order valence-electron chi connectivity index (χ4n) is 8.15. The van der Waals surface area contributed by atoms with Crippen LogP contribution in [0.4, 0.5) is 9.59 Å². The number of carbonyl (C=O) groups is 5. The summed E-state index contributed by atoms with van der Waals surface area (Å²) >= 11 is 0. The summed E-state index contributed by atoms with van der Waals surface area (Å²) in [5, 5.41) is 4.96. The molecule has 5 atom stereocenters. The first kappa shape index (κ1) is 39.8. The Morgan fingerprint density at radius 2 is 1.76 bits per heavy atom. The van der Waals surface area contributed by atoms with Crippen LogP contribution >= 0.6 is 0 Å². The molecule has 2 aliphatic carbocycles. The lowest BCUT2D eigenvalue weighted by molar-refractivity contribution is -0.143. The highest BCUT2D eigenvalue weighted by Gasteiger charge is 2.62. The average Bonchev–Trinajstić information content (AvgIpc) is 4.03. The Hall–Kier alpha value is -3.88. The van der Waals surface area contributed by atoms with Crippen molar-refractivity contribution in [3.8, 4) is 0 Å². The summed E-state index contributed by atoms with van der Waals surface area (Å²) in [5.74, 6) is -2.33. The number of carbonyl (C=O) groups excluding carboxylic acids is 5. The molecule has 298 valence electrons. The van der Waals surface area contributed by atoms with Crippen molar-refractivity contribution in [2.75, 3.05) is 19.7 Å². The second kappa shape index (κ2) is 15.0. The number of hydrogen-bond donors (Lipinski definition) is 3. The summed E-state index contributed by atoms with van der Waals surface area (Å²) in [6, 6.07) is 3.96. The Kier molecular flexibility index (Phi) is 11.0. The van der Waals surface area contributed by atoms with Crippen LogP contribution in [-0.2, 0) is 53.3 Å². The second-order valence-electron chi connectivity index (χ2n) is 17.8. The van der Waals surface area contributed by atoms with Gasteiger partial charge in [-0.3, -0.25) is 19.1 Å². The van der Waals surface area contributed by atoms with Crippen molar-refractivity contribution < 1.29 is 41.9 Å². The van der Waals surface area contributed by atoms with Gasteiger partial charge < -0.3 is 29.9 Å². The smallest absolute Gasteiger partial charge is 0.410 e. The molecule has 0 radical (unpaired) electrons. The Morgan fingerprint density at radius 1 is 1.06 bits per heavy atom. The van der Waals surface area contributed by atoms with Crippen LogP contribution in [0.3, 0.4) is 0 Å². The van der Waals surface area contributed by atoms with Crippen LogP contribution in [0.2, 0.25) is 0 Å². The largest absolute Gasteiger partial charge is 0.449 e. The lowest BCUT2D eigenvalue weighted by Crippen LogP contribution is -2.60. The fraction of sp³-hybridized carbons (Fsp3) is 0.718. The van der Waals surface area contributed by atoms with Crippen molar-refractivity contribution in [2.45, 2.75) is 141 Å². The van der Waals surface area contributed by atoms with Gasteiger partial charge in [0.05, 0.1) is 18.4 Å². The molecule has 5 aliphatic rings. The molecular weight excluding hydrogens is 715 g/mol. The minimum absolute atomic E-state index is 0.0522. The molecule has 0 aromatic heterocycles. The van der Waals surface area contributed by atoms with Gasteiger partial charge in [0.1, 0.15) is 23.7 Å². The van der Waals surface area contributed by atoms with Gasteiger partial charge in [-0.2, -0.15) is 0 Å². The molecule has 4 bridgehead atoms. The number of fused-ring (bicyclic) bond motifs is 3. The number of hydrogen-bond acceptors (Lipinski definition) is 9. The summed E-state index contributed by atoms with van der Waals surface area (Å²) in [6.07, 6.45) is 3.64. The zero-order valence-corrected chi connectivity index (χ0v) is 33.3. The number of sulfonamides is 1. The van der Waals surface area contributed by atoms with Gasteiger partial charge in [-0.15, -0.1) is 0 Å². The zero-order valence-electron chi connectivity index (χ0n) is 32.5. The van der Waals surface area contributed by atoms with Crippen molar-refractivity contribution in [3.05, 3.63) is 34.9 Å². The first-order chi connectivity index (χ1) is 25.3. The van der Waals surface area contributed by atoms with Crippen LogP contribution in [0.15, 0.2) is 18.2 Å². The maximum atomic E-state index is 14.5.